The highest BCUT2D eigenvalue weighted by atomic mass is 127. The SMILES string of the molecule is COC(=O)c1cc(I)c(Cl)c(S(=O)(=O)Cl)c1. The third-order valence-electron chi connectivity index (χ3n) is 1.68. The molecule has 0 aliphatic heterocycles. The van der Waals surface area contributed by atoms with Crippen LogP contribution in [0.25, 0.3) is 0 Å². The summed E-state index contributed by atoms with van der Waals surface area (Å²) in [6.45, 7) is 0. The first-order valence-electron chi connectivity index (χ1n) is 3.79. The molecule has 4 nitrogen and oxygen atoms in total. The van der Waals surface area contributed by atoms with Gasteiger partial charge in [0.25, 0.3) is 9.05 Å². The van der Waals surface area contributed by atoms with E-state index in [1.54, 1.807) is 22.6 Å². The lowest BCUT2D eigenvalue weighted by Crippen LogP contribution is -2.04. The summed E-state index contributed by atoms with van der Waals surface area (Å²) in [4.78, 5) is 10.9. The predicted molar refractivity (Wildman–Crippen MR) is 68.5 cm³/mol. The summed E-state index contributed by atoms with van der Waals surface area (Å²) >= 11 is 7.58. The Hall–Kier alpha value is -0.0500. The molecule has 1 aromatic rings. The second kappa shape index (κ2) is 5.07. The molecule has 0 heterocycles. The average molecular weight is 395 g/mol. The van der Waals surface area contributed by atoms with E-state index < -0.39 is 15.0 Å². The van der Waals surface area contributed by atoms with E-state index in [1.165, 1.54) is 13.2 Å². The fraction of sp³-hybridized carbons (Fsp3) is 0.125. The van der Waals surface area contributed by atoms with Gasteiger partial charge in [-0.3, -0.25) is 0 Å². The molecule has 0 saturated carbocycles. The van der Waals surface area contributed by atoms with Crippen molar-refractivity contribution >= 4 is 59.9 Å². The lowest BCUT2D eigenvalue weighted by atomic mass is 10.2. The Balaban J connectivity index is 3.52. The van der Waals surface area contributed by atoms with Crippen LogP contribution in [0.2, 0.25) is 5.02 Å². The van der Waals surface area contributed by atoms with Gasteiger partial charge in [-0.05, 0) is 34.7 Å². The Morgan fingerprint density at radius 2 is 2.00 bits per heavy atom. The molecule has 1 rings (SSSR count). The van der Waals surface area contributed by atoms with Crippen LogP contribution in [0.5, 0.6) is 0 Å². The topological polar surface area (TPSA) is 60.4 Å². The number of ether oxygens (including phenoxy) is 1. The van der Waals surface area contributed by atoms with Crippen molar-refractivity contribution in [3.63, 3.8) is 0 Å². The first-order chi connectivity index (χ1) is 7.27. The zero-order valence-corrected chi connectivity index (χ0v) is 12.3. The molecule has 0 aromatic heterocycles. The Morgan fingerprint density at radius 1 is 1.44 bits per heavy atom. The first kappa shape index (κ1) is 14.0. The summed E-state index contributed by atoms with van der Waals surface area (Å²) in [6.07, 6.45) is 0. The highest BCUT2D eigenvalue weighted by Crippen LogP contribution is 2.30. The van der Waals surface area contributed by atoms with Crippen LogP contribution in [0.3, 0.4) is 0 Å². The summed E-state index contributed by atoms with van der Waals surface area (Å²) in [5.41, 5.74) is 0.0792. The lowest BCUT2D eigenvalue weighted by molar-refractivity contribution is 0.0600. The number of carbonyl (C=O) groups excluding carboxylic acids is 1. The smallest absolute Gasteiger partial charge is 0.337 e. The van der Waals surface area contributed by atoms with E-state index in [-0.39, 0.29) is 15.5 Å². The van der Waals surface area contributed by atoms with Crippen LogP contribution < -0.4 is 0 Å². The van der Waals surface area contributed by atoms with E-state index >= 15 is 0 Å². The van der Waals surface area contributed by atoms with Gasteiger partial charge in [-0.25, -0.2) is 13.2 Å². The maximum Gasteiger partial charge on any atom is 0.337 e. The molecule has 88 valence electrons. The van der Waals surface area contributed by atoms with Gasteiger partial charge in [0.15, 0.2) is 0 Å². The number of carbonyl (C=O) groups is 1. The van der Waals surface area contributed by atoms with Crippen LogP contribution in [0, 0.1) is 3.57 Å². The van der Waals surface area contributed by atoms with Crippen molar-refractivity contribution in [2.45, 2.75) is 4.90 Å². The van der Waals surface area contributed by atoms with Gasteiger partial charge >= 0.3 is 5.97 Å². The third kappa shape index (κ3) is 2.99. The maximum absolute atomic E-state index is 11.2. The molecule has 0 spiro atoms. The zero-order chi connectivity index (χ0) is 12.5. The first-order valence-corrected chi connectivity index (χ1v) is 7.56. The molecular formula is C8H5Cl2IO4S. The van der Waals surface area contributed by atoms with Crippen LogP contribution >= 0.6 is 44.9 Å². The highest BCUT2D eigenvalue weighted by molar-refractivity contribution is 14.1. The number of hydrogen-bond acceptors (Lipinski definition) is 4. The molecule has 0 unspecified atom stereocenters. The van der Waals surface area contributed by atoms with Crippen LogP contribution in [-0.2, 0) is 13.8 Å². The summed E-state index contributed by atoms with van der Waals surface area (Å²) in [6, 6.07) is 2.50. The van der Waals surface area contributed by atoms with E-state index in [0.717, 1.165) is 6.07 Å². The summed E-state index contributed by atoms with van der Waals surface area (Å²) in [7, 11) is 2.39. The van der Waals surface area contributed by atoms with Crippen molar-refractivity contribution in [3.8, 4) is 0 Å². The van der Waals surface area contributed by atoms with Crippen LogP contribution in [0.1, 0.15) is 10.4 Å². The second-order valence-electron chi connectivity index (χ2n) is 2.70. The van der Waals surface area contributed by atoms with Crippen molar-refractivity contribution in [1.82, 2.24) is 0 Å². The Bertz CT molecular complexity index is 541. The quantitative estimate of drug-likeness (QED) is 0.439. The standard InChI is InChI=1S/C8H5Cl2IO4S/c1-15-8(12)4-2-5(11)7(9)6(3-4)16(10,13)14/h2-3H,1H3. The highest BCUT2D eigenvalue weighted by Gasteiger charge is 2.20. The third-order valence-corrected chi connectivity index (χ3v) is 4.71. The van der Waals surface area contributed by atoms with Crippen molar-refractivity contribution in [2.24, 2.45) is 0 Å². The van der Waals surface area contributed by atoms with Gasteiger partial charge in [0.2, 0.25) is 0 Å². The summed E-state index contributed by atoms with van der Waals surface area (Å²) < 4.78 is 27.3. The predicted octanol–water partition coefficient (Wildman–Crippen LogP) is 2.66. The average Bonchev–Trinajstić information content (AvgIpc) is 2.18. The lowest BCUT2D eigenvalue weighted by Gasteiger charge is -2.06. The zero-order valence-electron chi connectivity index (χ0n) is 7.83. The largest absolute Gasteiger partial charge is 0.465 e. The fourth-order valence-electron chi connectivity index (χ4n) is 0.977. The second-order valence-corrected chi connectivity index (χ2v) is 6.77. The molecule has 0 amide bonds. The van der Waals surface area contributed by atoms with Crippen molar-refractivity contribution in [2.75, 3.05) is 7.11 Å². The van der Waals surface area contributed by atoms with E-state index in [2.05, 4.69) is 4.74 Å². The normalized spacial score (nSPS) is 11.2. The minimum atomic E-state index is -3.99. The van der Waals surface area contributed by atoms with E-state index in [0.29, 0.717) is 3.57 Å². The molecule has 0 saturated heterocycles. The van der Waals surface area contributed by atoms with E-state index in [4.69, 9.17) is 22.3 Å². The van der Waals surface area contributed by atoms with Gasteiger partial charge in [-0.15, -0.1) is 0 Å². The minimum absolute atomic E-state index is 0.0109. The van der Waals surface area contributed by atoms with Gasteiger partial charge in [0.05, 0.1) is 17.7 Å². The Morgan fingerprint density at radius 3 is 2.44 bits per heavy atom. The number of hydrogen-bond donors (Lipinski definition) is 0. The van der Waals surface area contributed by atoms with Gasteiger partial charge in [0.1, 0.15) is 4.90 Å². The van der Waals surface area contributed by atoms with Gasteiger partial charge in [0, 0.05) is 14.3 Å². The van der Waals surface area contributed by atoms with E-state index in [1.807, 2.05) is 0 Å². The fourth-order valence-corrected chi connectivity index (χ4v) is 3.28. The van der Waals surface area contributed by atoms with Gasteiger partial charge in [-0.1, -0.05) is 11.6 Å². The molecule has 0 bridgehead atoms. The molecule has 0 aliphatic rings. The maximum atomic E-state index is 11.2. The molecule has 0 radical (unpaired) electrons. The van der Waals surface area contributed by atoms with E-state index in [9.17, 15) is 13.2 Å². The van der Waals surface area contributed by atoms with Crippen molar-refractivity contribution in [3.05, 3.63) is 26.3 Å². The summed E-state index contributed by atoms with van der Waals surface area (Å²) in [5.74, 6) is -0.656. The molecule has 0 N–H and O–H groups in total. The molecular weight excluding hydrogens is 390 g/mol. The minimum Gasteiger partial charge on any atom is -0.465 e. The molecule has 0 atom stereocenters. The number of halogens is 3. The molecule has 0 fully saturated rings. The Kier molecular flexibility index (Phi) is 4.44. The molecule has 1 aromatic carbocycles. The molecule has 0 aliphatic carbocycles. The number of rotatable bonds is 2. The van der Waals surface area contributed by atoms with Gasteiger partial charge in [-0.2, -0.15) is 0 Å². The number of methoxy groups -OCH3 is 1. The van der Waals surface area contributed by atoms with Gasteiger partial charge < -0.3 is 4.74 Å². The number of benzene rings is 1. The van der Waals surface area contributed by atoms with Crippen molar-refractivity contribution < 1.29 is 17.9 Å². The van der Waals surface area contributed by atoms with Crippen LogP contribution in [0.15, 0.2) is 17.0 Å². The Labute approximate surface area is 115 Å². The summed E-state index contributed by atoms with van der Waals surface area (Å²) in [5, 5.41) is -0.0109. The molecule has 8 heteroatoms. The molecule has 16 heavy (non-hydrogen) atoms. The van der Waals surface area contributed by atoms with Crippen molar-refractivity contribution in [1.29, 1.82) is 0 Å². The van der Waals surface area contributed by atoms with Crippen LogP contribution in [0.4, 0.5) is 0 Å². The van der Waals surface area contributed by atoms with Crippen LogP contribution in [-0.4, -0.2) is 21.5 Å². The number of esters is 1. The monoisotopic (exact) mass is 394 g/mol.